The van der Waals surface area contributed by atoms with Crippen LogP contribution in [0.2, 0.25) is 0 Å². The number of fused-ring (bicyclic) bond motifs is 46. The third kappa shape index (κ3) is 29.0. The van der Waals surface area contributed by atoms with E-state index in [1.165, 1.54) is 199 Å². The Labute approximate surface area is 737 Å². The van der Waals surface area contributed by atoms with Crippen LogP contribution in [0.3, 0.4) is 0 Å². The van der Waals surface area contributed by atoms with Crippen molar-refractivity contribution in [2.45, 2.75) is 565 Å². The van der Waals surface area contributed by atoms with Crippen LogP contribution in [-0.2, 0) is 0 Å². The Morgan fingerprint density at radius 1 is 0.0678 bits per heavy atom. The molecule has 30 aliphatic rings. The Balaban J connectivity index is 0.0000000963. The largest absolute Gasteiger partial charge is 0.0530 e. The zero-order valence-corrected chi connectivity index (χ0v) is 79.5. The number of hydrogen-bond donors (Lipinski definition) is 0. The Kier molecular flexibility index (Phi) is 38.5. The molecule has 30 rings (SSSR count). The molecule has 0 heterocycles. The molecule has 20 unspecified atom stereocenters. The molecule has 0 aromatic rings. The summed E-state index contributed by atoms with van der Waals surface area (Å²) in [6, 6.07) is 0. The summed E-state index contributed by atoms with van der Waals surface area (Å²) < 4.78 is 0. The van der Waals surface area contributed by atoms with E-state index in [4.69, 9.17) is 0 Å². The van der Waals surface area contributed by atoms with E-state index >= 15 is 0 Å². The van der Waals surface area contributed by atoms with Crippen molar-refractivity contribution in [1.29, 1.82) is 0 Å². The second kappa shape index (κ2) is 49.7. The van der Waals surface area contributed by atoms with E-state index < -0.39 is 0 Å². The van der Waals surface area contributed by atoms with Gasteiger partial charge in [0.25, 0.3) is 0 Å². The first-order chi connectivity index (χ1) is 58.4. The molecule has 0 aliphatic heterocycles. The fourth-order valence-corrected chi connectivity index (χ4v) is 35.3. The smallest absolute Gasteiger partial charge is 0.0352 e. The fourth-order valence-electron chi connectivity index (χ4n) is 35.3. The van der Waals surface area contributed by atoms with Crippen molar-refractivity contribution >= 4 is 0 Å². The summed E-state index contributed by atoms with van der Waals surface area (Å²) in [5, 5.41) is 0. The predicted octanol–water partition coefficient (Wildman–Crippen LogP) is 38.0. The Bertz CT molecular complexity index is 2280. The molecule has 118 heavy (non-hydrogen) atoms. The van der Waals surface area contributed by atoms with Crippen LogP contribution in [0.5, 0.6) is 0 Å². The highest BCUT2D eigenvalue weighted by Gasteiger charge is 2.57. The first-order valence-corrected chi connectivity index (χ1v) is 58.4. The number of hydrogen-bond acceptors (Lipinski definition) is 0. The topological polar surface area (TPSA) is 0 Å². The van der Waals surface area contributed by atoms with E-state index in [1.807, 2.05) is 0 Å². The molecule has 0 aromatic heterocycles. The van der Waals surface area contributed by atoms with Gasteiger partial charge in [-0.05, 0) is 274 Å². The molecular formula is C118H206. The van der Waals surface area contributed by atoms with E-state index in [9.17, 15) is 0 Å². The molecule has 0 radical (unpaired) electrons. The molecule has 30 saturated carbocycles. The zero-order valence-electron chi connectivity index (χ0n) is 79.5. The fraction of sp³-hybridized carbons (Fsp3) is 1.00. The maximum Gasteiger partial charge on any atom is -0.0352 e. The van der Waals surface area contributed by atoms with Gasteiger partial charge in [0.15, 0.2) is 0 Å². The molecular weight excluding hydrogens is 1420 g/mol. The molecule has 24 bridgehead atoms. The van der Waals surface area contributed by atoms with Gasteiger partial charge < -0.3 is 0 Å². The molecule has 30 aliphatic carbocycles. The maximum atomic E-state index is 1.62. The van der Waals surface area contributed by atoms with Crippen LogP contribution in [0.4, 0.5) is 0 Å². The van der Waals surface area contributed by atoms with Crippen LogP contribution in [-0.4, -0.2) is 0 Å². The molecule has 0 N–H and O–H groups in total. The van der Waals surface area contributed by atoms with Gasteiger partial charge in [0.2, 0.25) is 0 Å². The van der Waals surface area contributed by atoms with Crippen molar-refractivity contribution in [2.24, 2.45) is 178 Å². The Hall–Kier alpha value is 0. The summed E-state index contributed by atoms with van der Waals surface area (Å²) in [7, 11) is 0. The van der Waals surface area contributed by atoms with E-state index in [-0.39, 0.29) is 0 Å². The average Bonchev–Trinajstić information content (AvgIpc) is 1.57. The quantitative estimate of drug-likeness (QED) is 0.227. The van der Waals surface area contributed by atoms with Gasteiger partial charge in [-0.3, -0.25) is 0 Å². The van der Waals surface area contributed by atoms with Crippen LogP contribution in [0.15, 0.2) is 0 Å². The third-order valence-corrected chi connectivity index (χ3v) is 43.2. The highest BCUT2D eigenvalue weighted by atomic mass is 14.6. The predicted molar refractivity (Wildman–Crippen MR) is 511 cm³/mol. The first-order valence-electron chi connectivity index (χ1n) is 58.4. The van der Waals surface area contributed by atoms with Gasteiger partial charge in [0.1, 0.15) is 0 Å². The van der Waals surface area contributed by atoms with Crippen molar-refractivity contribution < 1.29 is 0 Å². The molecule has 30 fully saturated rings. The molecule has 0 aromatic carbocycles. The highest BCUT2D eigenvalue weighted by molar-refractivity contribution is 5.07. The lowest BCUT2D eigenvalue weighted by atomic mass is 9.66. The maximum absolute atomic E-state index is 1.62. The van der Waals surface area contributed by atoms with Crippen molar-refractivity contribution in [3.05, 3.63) is 0 Å². The standard InChI is InChI=1S/4C11H20.C10H16.3C10H18.C9H14.C9H16.C8H12.C8H14/c1-4-10-6-2-7-11(5-1)9-3-8-10;3*1-2-5-11-7-3-6-10(4-1)8-9-11;1-2-9-7-4-5-8(6-7)10(9)3-1;2*1-3-9-5-2-6-10(4-1)8-7-9;1-2-4-10-7-5-9(3-1)6-8-10;1-2-7-5-6(1)8-3-4-9(7)8;1-2-4-9-6-5-8(3-1)7-9;1-2-6-3-5(1)7-4-8(6)7;1-2-8-5-3-7(1)4-6-8/h4*10-11H,1-9H2;7-10H,1-6H2;3*9-10H,1-8H2;6-9H,1-5H2;8-9H,1-7H2;5-8H,1-4H2;7-8H,1-6H2. The number of rotatable bonds is 0. The van der Waals surface area contributed by atoms with Crippen molar-refractivity contribution in [3.63, 3.8) is 0 Å². The van der Waals surface area contributed by atoms with E-state index in [0.29, 0.717) is 0 Å². The highest BCUT2D eigenvalue weighted by Crippen LogP contribution is 2.66. The van der Waals surface area contributed by atoms with Crippen LogP contribution < -0.4 is 0 Å². The average molecular weight is 1620 g/mol. The van der Waals surface area contributed by atoms with Crippen molar-refractivity contribution in [2.75, 3.05) is 0 Å². The molecule has 0 saturated heterocycles. The van der Waals surface area contributed by atoms with E-state index in [1.54, 1.807) is 437 Å². The second-order valence-corrected chi connectivity index (χ2v) is 50.6. The molecule has 0 heteroatoms. The summed E-state index contributed by atoms with van der Waals surface area (Å²) in [4.78, 5) is 0. The van der Waals surface area contributed by atoms with Crippen LogP contribution >= 0.6 is 0 Å². The van der Waals surface area contributed by atoms with Gasteiger partial charge in [-0.1, -0.05) is 469 Å². The van der Waals surface area contributed by atoms with Gasteiger partial charge in [0.05, 0.1) is 0 Å². The summed E-state index contributed by atoms with van der Waals surface area (Å²) in [6.07, 6.45) is 137. The van der Waals surface area contributed by atoms with Gasteiger partial charge in [-0.15, -0.1) is 0 Å². The minimum Gasteiger partial charge on any atom is -0.0530 e. The molecule has 0 spiro atoms. The molecule has 678 valence electrons. The summed E-state index contributed by atoms with van der Waals surface area (Å²) in [5.41, 5.74) is 0. The molecule has 0 nitrogen and oxygen atoms in total. The van der Waals surface area contributed by atoms with Gasteiger partial charge in [0, 0.05) is 0 Å². The first kappa shape index (κ1) is 91.3. The third-order valence-electron chi connectivity index (χ3n) is 43.2. The summed E-state index contributed by atoms with van der Waals surface area (Å²) in [5.74, 6) is 35.0. The van der Waals surface area contributed by atoms with Gasteiger partial charge >= 0.3 is 0 Å². The summed E-state index contributed by atoms with van der Waals surface area (Å²) >= 11 is 0. The second-order valence-electron chi connectivity index (χ2n) is 50.6. The SMILES string of the molecule is C1CC2C3CCC(C3)C2C1.C1CC2CC1C1CC21.C1CC2CC1C1CCC21.C1CC2CCC1CC2.C1CC2CCCC(C1)CC2.C1CC2CCCC(C1)CC2.C1CC2CCCC(C1)CCC2.C1CCC2CCC(C1)C2.C1CCC2CCC(C1)CC2.C1CCC2CCCC(C1)CC2.C1CCC2CCCC(C1)CC2.C1CCC2CCCC(C1)CC2. The lowest BCUT2D eigenvalue weighted by molar-refractivity contribution is 0.103. The molecule has 20 atom stereocenters. The van der Waals surface area contributed by atoms with Crippen molar-refractivity contribution in [3.8, 4) is 0 Å². The zero-order chi connectivity index (χ0) is 79.5. The monoisotopic (exact) mass is 1620 g/mol. The van der Waals surface area contributed by atoms with Gasteiger partial charge in [-0.2, -0.15) is 0 Å². The Morgan fingerprint density at radius 2 is 0.195 bits per heavy atom. The van der Waals surface area contributed by atoms with Crippen LogP contribution in [0.1, 0.15) is 565 Å². The minimum absolute atomic E-state index is 1.12. The lowest BCUT2D eigenvalue weighted by Crippen LogP contribution is -2.31. The minimum atomic E-state index is 1.12. The normalized spacial score (nSPS) is 45.4. The summed E-state index contributed by atoms with van der Waals surface area (Å²) in [6.45, 7) is 0. The van der Waals surface area contributed by atoms with E-state index in [0.717, 1.165) is 107 Å². The lowest BCUT2D eigenvalue weighted by Gasteiger charge is -2.40. The Morgan fingerprint density at radius 3 is 0.373 bits per heavy atom. The van der Waals surface area contributed by atoms with Crippen LogP contribution in [0, 0.1) is 178 Å². The van der Waals surface area contributed by atoms with Crippen molar-refractivity contribution in [1.82, 2.24) is 0 Å². The molecule has 0 amide bonds. The van der Waals surface area contributed by atoms with Crippen LogP contribution in [0.25, 0.3) is 0 Å². The van der Waals surface area contributed by atoms with E-state index in [2.05, 4.69) is 0 Å². The van der Waals surface area contributed by atoms with Gasteiger partial charge in [-0.25, -0.2) is 0 Å².